The van der Waals surface area contributed by atoms with Crippen LogP contribution in [0.3, 0.4) is 0 Å². The van der Waals surface area contributed by atoms with E-state index in [1.165, 1.54) is 0 Å². The summed E-state index contributed by atoms with van der Waals surface area (Å²) in [5.41, 5.74) is 7.55. The summed E-state index contributed by atoms with van der Waals surface area (Å²) in [6.45, 7) is 5.38. The molecule has 0 radical (unpaired) electrons. The van der Waals surface area contributed by atoms with E-state index in [-0.39, 0.29) is 29.9 Å². The van der Waals surface area contributed by atoms with E-state index in [1.807, 2.05) is 31.2 Å². The van der Waals surface area contributed by atoms with Crippen molar-refractivity contribution in [1.29, 1.82) is 0 Å². The number of benzene rings is 1. The fourth-order valence-electron chi connectivity index (χ4n) is 1.68. The van der Waals surface area contributed by atoms with Crippen molar-refractivity contribution >= 4 is 41.5 Å². The van der Waals surface area contributed by atoms with Crippen LogP contribution in [-0.4, -0.2) is 18.4 Å². The van der Waals surface area contributed by atoms with Gasteiger partial charge in [-0.1, -0.05) is 26.0 Å². The maximum atomic E-state index is 11.5. The Labute approximate surface area is 143 Å². The fourth-order valence-corrected chi connectivity index (χ4v) is 1.68. The van der Waals surface area contributed by atoms with Gasteiger partial charge in [0, 0.05) is 18.7 Å². The summed E-state index contributed by atoms with van der Waals surface area (Å²) in [6.07, 6.45) is 2.39. The Morgan fingerprint density at radius 1 is 1.29 bits per heavy atom. The normalized spacial score (nSPS) is 10.7. The highest BCUT2D eigenvalue weighted by Gasteiger charge is 2.01. The SMILES string of the molecule is CCCNC(N)=NCc1cccc(NC(=O)CCC)c1.I. The minimum absolute atomic E-state index is 0. The Morgan fingerprint density at radius 2 is 2.05 bits per heavy atom. The van der Waals surface area contributed by atoms with Crippen molar-refractivity contribution in [3.05, 3.63) is 29.8 Å². The molecule has 0 aliphatic rings. The second-order valence-corrected chi connectivity index (χ2v) is 4.63. The molecule has 21 heavy (non-hydrogen) atoms. The van der Waals surface area contributed by atoms with Crippen LogP contribution in [0.4, 0.5) is 5.69 Å². The molecular formula is C15H25IN4O. The van der Waals surface area contributed by atoms with Gasteiger partial charge < -0.3 is 16.4 Å². The molecule has 1 aromatic rings. The Bertz CT molecular complexity index is 463. The minimum atomic E-state index is 0. The number of carbonyl (C=O) groups is 1. The van der Waals surface area contributed by atoms with Crippen molar-refractivity contribution in [3.63, 3.8) is 0 Å². The van der Waals surface area contributed by atoms with E-state index in [1.54, 1.807) is 0 Å². The molecule has 0 saturated carbocycles. The monoisotopic (exact) mass is 404 g/mol. The van der Waals surface area contributed by atoms with Gasteiger partial charge in [0.05, 0.1) is 6.54 Å². The lowest BCUT2D eigenvalue weighted by Crippen LogP contribution is -2.32. The maximum absolute atomic E-state index is 11.5. The topological polar surface area (TPSA) is 79.5 Å². The first kappa shape index (κ1) is 19.7. The van der Waals surface area contributed by atoms with Crippen LogP contribution in [0.1, 0.15) is 38.7 Å². The van der Waals surface area contributed by atoms with Crippen molar-refractivity contribution in [2.75, 3.05) is 11.9 Å². The first-order valence-electron chi connectivity index (χ1n) is 7.08. The second-order valence-electron chi connectivity index (χ2n) is 4.63. The Morgan fingerprint density at radius 3 is 2.71 bits per heavy atom. The van der Waals surface area contributed by atoms with Crippen molar-refractivity contribution in [2.45, 2.75) is 39.7 Å². The van der Waals surface area contributed by atoms with Gasteiger partial charge in [-0.3, -0.25) is 4.79 Å². The fraction of sp³-hybridized carbons (Fsp3) is 0.467. The Balaban J connectivity index is 0.00000400. The number of rotatable bonds is 7. The minimum Gasteiger partial charge on any atom is -0.370 e. The molecule has 1 amide bonds. The van der Waals surface area contributed by atoms with Crippen LogP contribution in [-0.2, 0) is 11.3 Å². The van der Waals surface area contributed by atoms with E-state index in [4.69, 9.17) is 5.73 Å². The summed E-state index contributed by atoms with van der Waals surface area (Å²) in [5.74, 6) is 0.490. The zero-order valence-corrected chi connectivity index (χ0v) is 15.0. The van der Waals surface area contributed by atoms with Gasteiger partial charge >= 0.3 is 0 Å². The first-order chi connectivity index (χ1) is 9.65. The lowest BCUT2D eigenvalue weighted by atomic mass is 10.2. The summed E-state index contributed by atoms with van der Waals surface area (Å²) in [4.78, 5) is 15.8. The van der Waals surface area contributed by atoms with Crippen molar-refractivity contribution in [1.82, 2.24) is 5.32 Å². The van der Waals surface area contributed by atoms with Gasteiger partial charge in [-0.15, -0.1) is 24.0 Å². The highest BCUT2D eigenvalue weighted by atomic mass is 127. The van der Waals surface area contributed by atoms with Crippen molar-refractivity contribution in [3.8, 4) is 0 Å². The molecule has 0 aromatic heterocycles. The number of guanidine groups is 1. The van der Waals surface area contributed by atoms with Gasteiger partial charge in [-0.05, 0) is 30.5 Å². The molecule has 0 saturated heterocycles. The summed E-state index contributed by atoms with van der Waals surface area (Å²) in [6, 6.07) is 7.66. The van der Waals surface area contributed by atoms with Crippen LogP contribution >= 0.6 is 24.0 Å². The van der Waals surface area contributed by atoms with Crippen LogP contribution in [0.2, 0.25) is 0 Å². The maximum Gasteiger partial charge on any atom is 0.224 e. The average Bonchev–Trinajstić information content (AvgIpc) is 2.43. The van der Waals surface area contributed by atoms with Gasteiger partial charge in [0.1, 0.15) is 0 Å². The van der Waals surface area contributed by atoms with E-state index in [0.29, 0.717) is 18.9 Å². The van der Waals surface area contributed by atoms with E-state index in [2.05, 4.69) is 22.5 Å². The van der Waals surface area contributed by atoms with Crippen LogP contribution in [0.15, 0.2) is 29.3 Å². The Hall–Kier alpha value is -1.31. The predicted octanol–water partition coefficient (Wildman–Crippen LogP) is 2.86. The van der Waals surface area contributed by atoms with E-state index in [0.717, 1.165) is 30.6 Å². The number of hydrogen-bond donors (Lipinski definition) is 3. The lowest BCUT2D eigenvalue weighted by Gasteiger charge is -2.07. The lowest BCUT2D eigenvalue weighted by molar-refractivity contribution is -0.116. The molecule has 0 unspecified atom stereocenters. The number of nitrogens with two attached hydrogens (primary N) is 1. The number of carbonyl (C=O) groups excluding carboxylic acids is 1. The number of anilines is 1. The first-order valence-corrected chi connectivity index (χ1v) is 7.08. The largest absolute Gasteiger partial charge is 0.370 e. The van der Waals surface area contributed by atoms with Gasteiger partial charge in [-0.25, -0.2) is 4.99 Å². The second kappa shape index (κ2) is 11.4. The number of amides is 1. The number of nitrogens with one attached hydrogen (secondary N) is 2. The van der Waals surface area contributed by atoms with Crippen molar-refractivity contribution in [2.24, 2.45) is 10.7 Å². The molecule has 1 aromatic carbocycles. The highest BCUT2D eigenvalue weighted by Crippen LogP contribution is 2.12. The summed E-state index contributed by atoms with van der Waals surface area (Å²) in [5, 5.41) is 5.90. The molecule has 0 atom stereocenters. The quantitative estimate of drug-likeness (QED) is 0.372. The smallest absolute Gasteiger partial charge is 0.224 e. The molecule has 0 heterocycles. The van der Waals surface area contributed by atoms with Gasteiger partial charge in [-0.2, -0.15) is 0 Å². The standard InChI is InChI=1S/C15H24N4O.HI/c1-3-6-14(20)19-13-8-5-7-12(10-13)11-18-15(16)17-9-4-2;/h5,7-8,10H,3-4,6,9,11H2,1-2H3,(H,19,20)(H3,16,17,18);1H. The van der Waals surface area contributed by atoms with Gasteiger partial charge in [0.15, 0.2) is 5.96 Å². The molecule has 5 nitrogen and oxygen atoms in total. The molecule has 0 bridgehead atoms. The average molecular weight is 404 g/mol. The number of halogens is 1. The number of aliphatic imine (C=N–C) groups is 1. The summed E-state index contributed by atoms with van der Waals surface area (Å²) in [7, 11) is 0. The number of nitrogens with zero attached hydrogens (tertiary/aromatic N) is 1. The molecular weight excluding hydrogens is 379 g/mol. The molecule has 6 heteroatoms. The molecule has 0 spiro atoms. The van der Waals surface area contributed by atoms with Crippen LogP contribution < -0.4 is 16.4 Å². The molecule has 118 valence electrons. The summed E-state index contributed by atoms with van der Waals surface area (Å²) < 4.78 is 0. The summed E-state index contributed by atoms with van der Waals surface area (Å²) >= 11 is 0. The predicted molar refractivity (Wildman–Crippen MR) is 99.0 cm³/mol. The van der Waals surface area contributed by atoms with Crippen LogP contribution in [0.5, 0.6) is 0 Å². The highest BCUT2D eigenvalue weighted by molar-refractivity contribution is 14.0. The molecule has 4 N–H and O–H groups in total. The zero-order chi connectivity index (χ0) is 14.8. The third-order valence-corrected chi connectivity index (χ3v) is 2.68. The zero-order valence-electron chi connectivity index (χ0n) is 12.7. The van der Waals surface area contributed by atoms with E-state index >= 15 is 0 Å². The third-order valence-electron chi connectivity index (χ3n) is 2.68. The third kappa shape index (κ3) is 8.54. The molecule has 0 fully saturated rings. The molecule has 0 aliphatic carbocycles. The molecule has 0 aliphatic heterocycles. The van der Waals surface area contributed by atoms with Crippen molar-refractivity contribution < 1.29 is 4.79 Å². The van der Waals surface area contributed by atoms with Crippen LogP contribution in [0, 0.1) is 0 Å². The molecule has 1 rings (SSSR count). The van der Waals surface area contributed by atoms with Crippen LogP contribution in [0.25, 0.3) is 0 Å². The van der Waals surface area contributed by atoms with E-state index < -0.39 is 0 Å². The van der Waals surface area contributed by atoms with Gasteiger partial charge in [0.2, 0.25) is 5.91 Å². The Kier molecular flexibility index (Phi) is 10.7. The number of hydrogen-bond acceptors (Lipinski definition) is 2. The van der Waals surface area contributed by atoms with E-state index in [9.17, 15) is 4.79 Å². The van der Waals surface area contributed by atoms with Gasteiger partial charge in [0.25, 0.3) is 0 Å².